The van der Waals surface area contributed by atoms with E-state index in [4.69, 9.17) is 19.3 Å². The topological polar surface area (TPSA) is 102 Å². The van der Waals surface area contributed by atoms with E-state index in [-0.39, 0.29) is 24.7 Å². The van der Waals surface area contributed by atoms with Crippen molar-refractivity contribution in [3.63, 3.8) is 0 Å². The highest BCUT2D eigenvalue weighted by atomic mass is 16.7. The van der Waals surface area contributed by atoms with Crippen LogP contribution in [0.25, 0.3) is 0 Å². The summed E-state index contributed by atoms with van der Waals surface area (Å²) in [5.74, 6) is 0.449. The molecule has 0 saturated heterocycles. The second kappa shape index (κ2) is 11.5. The average Bonchev–Trinajstić information content (AvgIpc) is 3.10. The van der Waals surface area contributed by atoms with Gasteiger partial charge in [-0.1, -0.05) is 38.3 Å². The molecule has 1 aromatic carbocycles. The number of hydrogen-bond donors (Lipinski definition) is 2. The number of carbonyl (C=O) groups excluding carboxylic acids is 1. The molecule has 2 N–H and O–H groups in total. The fourth-order valence-corrected chi connectivity index (χ4v) is 5.52. The largest absolute Gasteiger partial charge is 0.508 e. The van der Waals surface area contributed by atoms with Crippen LogP contribution in [0.5, 0.6) is 5.75 Å². The molecule has 1 saturated carbocycles. The molecule has 0 aliphatic heterocycles. The Morgan fingerprint density at radius 1 is 1.19 bits per heavy atom. The quantitative estimate of drug-likeness (QED) is 0.383. The maximum absolute atomic E-state index is 11.9. The summed E-state index contributed by atoms with van der Waals surface area (Å²) in [4.78, 5) is 22.8. The molecule has 3 rings (SSSR count). The Balaban J connectivity index is 1.72. The first-order valence-electron chi connectivity index (χ1n) is 11.8. The van der Waals surface area contributed by atoms with E-state index < -0.39 is 12.1 Å². The van der Waals surface area contributed by atoms with E-state index in [9.17, 15) is 14.7 Å². The van der Waals surface area contributed by atoms with Crippen LogP contribution in [0.4, 0.5) is 4.79 Å². The molecule has 0 bridgehead atoms. The van der Waals surface area contributed by atoms with Gasteiger partial charge in [-0.05, 0) is 73.5 Å². The van der Waals surface area contributed by atoms with Gasteiger partial charge in [0.2, 0.25) is 0 Å². The van der Waals surface area contributed by atoms with Gasteiger partial charge in [0.15, 0.2) is 6.61 Å². The van der Waals surface area contributed by atoms with Crippen LogP contribution in [0, 0.1) is 17.8 Å². The molecule has 5 atom stereocenters. The maximum Gasteiger partial charge on any atom is 0.508 e. The number of carboxylic acid groups (broad SMARTS) is 1. The van der Waals surface area contributed by atoms with E-state index in [0.29, 0.717) is 24.0 Å². The predicted molar refractivity (Wildman–Crippen MR) is 119 cm³/mol. The van der Waals surface area contributed by atoms with Gasteiger partial charge in [0.25, 0.3) is 0 Å². The predicted octanol–water partition coefficient (Wildman–Crippen LogP) is 4.37. The van der Waals surface area contributed by atoms with Crippen molar-refractivity contribution in [2.45, 2.75) is 76.9 Å². The van der Waals surface area contributed by atoms with Crippen LogP contribution in [-0.2, 0) is 27.1 Å². The number of benzene rings is 1. The van der Waals surface area contributed by atoms with Crippen LogP contribution < -0.4 is 4.74 Å². The normalized spacial score (nSPS) is 24.8. The molecule has 0 aromatic heterocycles. The second-order valence-corrected chi connectivity index (χ2v) is 9.15. The fraction of sp³-hybridized carbons (Fsp3) is 0.680. The summed E-state index contributed by atoms with van der Waals surface area (Å²) in [6.07, 6.45) is 6.72. The van der Waals surface area contributed by atoms with Crippen LogP contribution in [0.3, 0.4) is 0 Å². The summed E-state index contributed by atoms with van der Waals surface area (Å²) in [5.41, 5.74) is 2.23. The molecule has 2 aliphatic carbocycles. The van der Waals surface area contributed by atoms with E-state index in [1.165, 1.54) is 12.7 Å². The van der Waals surface area contributed by atoms with Crippen LogP contribution in [0.15, 0.2) is 18.2 Å². The van der Waals surface area contributed by atoms with Crippen molar-refractivity contribution >= 4 is 12.1 Å². The van der Waals surface area contributed by atoms with Gasteiger partial charge in [-0.25, -0.2) is 9.59 Å². The number of carboxylic acids is 1. The molecular formula is C25H36O7. The molecule has 7 nitrogen and oxygen atoms in total. The first-order chi connectivity index (χ1) is 15.4. The summed E-state index contributed by atoms with van der Waals surface area (Å²) < 4.78 is 15.9. The Bertz CT molecular complexity index is 778. The summed E-state index contributed by atoms with van der Waals surface area (Å²) in [5, 5.41) is 19.4. The molecule has 3 unspecified atom stereocenters. The third kappa shape index (κ3) is 6.15. The number of aliphatic hydroxyl groups is 1. The lowest BCUT2D eigenvalue weighted by Crippen LogP contribution is -2.29. The van der Waals surface area contributed by atoms with Crippen LogP contribution >= 0.6 is 0 Å². The third-order valence-electron chi connectivity index (χ3n) is 7.06. The molecule has 178 valence electrons. The highest BCUT2D eigenvalue weighted by Gasteiger charge is 2.47. The van der Waals surface area contributed by atoms with Crippen molar-refractivity contribution < 1.29 is 34.0 Å². The van der Waals surface area contributed by atoms with Gasteiger partial charge in [-0.2, -0.15) is 0 Å². The van der Waals surface area contributed by atoms with Crippen molar-refractivity contribution in [3.8, 4) is 5.75 Å². The van der Waals surface area contributed by atoms with E-state index in [1.54, 1.807) is 0 Å². The minimum absolute atomic E-state index is 0.164. The van der Waals surface area contributed by atoms with Crippen LogP contribution in [0.2, 0.25) is 0 Å². The highest BCUT2D eigenvalue weighted by molar-refractivity contribution is 5.68. The molecule has 32 heavy (non-hydrogen) atoms. The van der Waals surface area contributed by atoms with E-state index in [0.717, 1.165) is 56.9 Å². The zero-order valence-electron chi connectivity index (χ0n) is 19.1. The van der Waals surface area contributed by atoms with E-state index in [2.05, 4.69) is 13.0 Å². The van der Waals surface area contributed by atoms with E-state index in [1.807, 2.05) is 12.1 Å². The average molecular weight is 449 g/mol. The Morgan fingerprint density at radius 3 is 2.72 bits per heavy atom. The number of aliphatic carboxylic acids is 1. The van der Waals surface area contributed by atoms with Gasteiger partial charge in [-0.3, -0.25) is 0 Å². The van der Waals surface area contributed by atoms with Crippen molar-refractivity contribution in [2.75, 3.05) is 13.7 Å². The molecule has 1 fully saturated rings. The Morgan fingerprint density at radius 2 is 2.00 bits per heavy atom. The first-order valence-corrected chi connectivity index (χ1v) is 11.8. The number of carbonyl (C=O) groups is 2. The molecule has 7 heteroatoms. The lowest BCUT2D eigenvalue weighted by atomic mass is 9.73. The number of ether oxygens (including phenoxy) is 3. The molecule has 0 spiro atoms. The van der Waals surface area contributed by atoms with Crippen molar-refractivity contribution in [2.24, 2.45) is 17.8 Å². The standard InChI is InChI=1S/C25H36O7/c1-3-4-5-8-18(26)10-11-19-20-12-16-7-6-9-22(31-15-24(27)28)21(16)13-17(20)14-23(19)32-25(29)30-2/h6-7,9,17-20,23,26H,3-5,8,10-15H2,1-2H3,(H,27,28)/t17?,18?,19-,20?,23-/m1/s1. The summed E-state index contributed by atoms with van der Waals surface area (Å²) in [7, 11) is 1.32. The van der Waals surface area contributed by atoms with Gasteiger partial charge >= 0.3 is 12.1 Å². The fourth-order valence-electron chi connectivity index (χ4n) is 5.52. The molecular weight excluding hydrogens is 412 g/mol. The van der Waals surface area contributed by atoms with Crippen molar-refractivity contribution in [1.82, 2.24) is 0 Å². The number of hydrogen-bond acceptors (Lipinski definition) is 6. The van der Waals surface area contributed by atoms with Gasteiger partial charge < -0.3 is 24.4 Å². The zero-order valence-corrected chi connectivity index (χ0v) is 19.1. The molecule has 0 heterocycles. The van der Waals surface area contributed by atoms with E-state index >= 15 is 0 Å². The molecule has 0 amide bonds. The molecule has 1 aromatic rings. The second-order valence-electron chi connectivity index (χ2n) is 9.15. The van der Waals surface area contributed by atoms with Crippen LogP contribution in [0.1, 0.15) is 63.0 Å². The van der Waals surface area contributed by atoms with Crippen molar-refractivity contribution in [1.29, 1.82) is 0 Å². The maximum atomic E-state index is 11.9. The van der Waals surface area contributed by atoms with Gasteiger partial charge in [0.05, 0.1) is 13.2 Å². The Hall–Kier alpha value is -2.28. The van der Waals surface area contributed by atoms with Gasteiger partial charge in [0, 0.05) is 0 Å². The number of unbranched alkanes of at least 4 members (excludes halogenated alkanes) is 2. The molecule has 0 radical (unpaired) electrons. The highest BCUT2D eigenvalue weighted by Crippen LogP contribution is 2.49. The number of methoxy groups -OCH3 is 1. The summed E-state index contributed by atoms with van der Waals surface area (Å²) in [6, 6.07) is 5.80. The Labute approximate surface area is 190 Å². The zero-order chi connectivity index (χ0) is 23.1. The molecule has 2 aliphatic rings. The minimum Gasteiger partial charge on any atom is -0.482 e. The number of fused-ring (bicyclic) bond motifs is 2. The lowest BCUT2D eigenvalue weighted by molar-refractivity contribution is -0.139. The summed E-state index contributed by atoms with van der Waals surface area (Å²) >= 11 is 0. The third-order valence-corrected chi connectivity index (χ3v) is 7.06. The SMILES string of the molecule is CCCCCC(O)CC[C@@H]1C2Cc3cccc(OCC(=O)O)c3CC2C[C@H]1OC(=O)OC. The monoisotopic (exact) mass is 448 g/mol. The van der Waals surface area contributed by atoms with Crippen LogP contribution in [-0.4, -0.2) is 48.3 Å². The number of rotatable bonds is 11. The number of aliphatic hydroxyl groups excluding tert-OH is 1. The summed E-state index contributed by atoms with van der Waals surface area (Å²) in [6.45, 7) is 1.79. The van der Waals surface area contributed by atoms with Gasteiger partial charge in [0.1, 0.15) is 11.9 Å². The Kier molecular flexibility index (Phi) is 8.79. The first kappa shape index (κ1) is 24.4. The van der Waals surface area contributed by atoms with Crippen molar-refractivity contribution in [3.05, 3.63) is 29.3 Å². The minimum atomic E-state index is -0.999. The van der Waals surface area contributed by atoms with Gasteiger partial charge in [-0.15, -0.1) is 0 Å². The smallest absolute Gasteiger partial charge is 0.482 e. The lowest BCUT2D eigenvalue weighted by Gasteiger charge is -2.32.